The number of hydrogen-bond acceptors (Lipinski definition) is 6. The second kappa shape index (κ2) is 12.1. The Morgan fingerprint density at radius 2 is 1.61 bits per heavy atom. The summed E-state index contributed by atoms with van der Waals surface area (Å²) >= 11 is 7.62. The van der Waals surface area contributed by atoms with Crippen LogP contribution >= 0.6 is 22.9 Å². The number of fused-ring (bicyclic) bond motifs is 1. The smallest absolute Gasteiger partial charge is 0.291 e. The Balaban J connectivity index is 1.25. The van der Waals surface area contributed by atoms with Gasteiger partial charge >= 0.3 is 0 Å². The quantitative estimate of drug-likeness (QED) is 0.185. The topological polar surface area (TPSA) is 74.3 Å². The van der Waals surface area contributed by atoms with E-state index < -0.39 is 0 Å². The Kier molecular flexibility index (Phi) is 7.58. The molecule has 0 amide bonds. The van der Waals surface area contributed by atoms with Gasteiger partial charge in [0.05, 0.1) is 10.2 Å². The molecule has 0 saturated heterocycles. The first-order chi connectivity index (χ1) is 21.6. The molecule has 0 radical (unpaired) electrons. The molecular weight excluding hydrogens is 590 g/mol. The van der Waals surface area contributed by atoms with Crippen LogP contribution in [0.5, 0.6) is 5.75 Å². The monoisotopic (exact) mass is 613 g/mol. The number of aromatic nitrogens is 5. The number of rotatable bonds is 8. The van der Waals surface area contributed by atoms with Gasteiger partial charge in [-0.05, 0) is 48.0 Å². The van der Waals surface area contributed by atoms with Crippen molar-refractivity contribution in [1.82, 2.24) is 24.4 Å². The fourth-order valence-corrected chi connectivity index (χ4v) is 5.83. The van der Waals surface area contributed by atoms with Crippen LogP contribution in [0, 0.1) is 0 Å². The molecule has 214 valence electrons. The Morgan fingerprint density at radius 1 is 0.841 bits per heavy atom. The predicted octanol–water partition coefficient (Wildman–Crippen LogP) is 6.95. The first-order valence-corrected chi connectivity index (χ1v) is 15.1. The second-order valence-electron chi connectivity index (χ2n) is 9.95. The van der Waals surface area contributed by atoms with Gasteiger partial charge in [0.2, 0.25) is 4.96 Å². The summed E-state index contributed by atoms with van der Waals surface area (Å²) in [5.41, 5.74) is 4.95. The lowest BCUT2D eigenvalue weighted by atomic mass is 10.1. The highest BCUT2D eigenvalue weighted by atomic mass is 35.5. The SMILES string of the molecule is O=c1/c(=C/c2cn(-c3ccccc3)nc2-c2cccc(OCc3ccccc3Cl)c2)sc2nc(/C=C/c3ccccc3)nn12. The van der Waals surface area contributed by atoms with E-state index in [1.54, 1.807) is 6.08 Å². The lowest BCUT2D eigenvalue weighted by molar-refractivity contribution is 0.306. The summed E-state index contributed by atoms with van der Waals surface area (Å²) in [5.74, 6) is 1.16. The highest BCUT2D eigenvalue weighted by Gasteiger charge is 2.15. The molecule has 0 aliphatic carbocycles. The lowest BCUT2D eigenvalue weighted by Crippen LogP contribution is -2.23. The average molecular weight is 614 g/mol. The van der Waals surface area contributed by atoms with Gasteiger partial charge in [0.1, 0.15) is 18.1 Å². The maximum atomic E-state index is 13.4. The molecule has 0 spiro atoms. The zero-order valence-electron chi connectivity index (χ0n) is 23.2. The molecule has 3 aromatic heterocycles. The minimum Gasteiger partial charge on any atom is -0.489 e. The number of halogens is 1. The molecule has 0 aliphatic heterocycles. The summed E-state index contributed by atoms with van der Waals surface area (Å²) < 4.78 is 9.77. The van der Waals surface area contributed by atoms with Crippen LogP contribution in [-0.4, -0.2) is 24.4 Å². The Hall–Kier alpha value is -5.31. The maximum Gasteiger partial charge on any atom is 0.291 e. The number of nitrogens with zero attached hydrogens (tertiary/aromatic N) is 5. The predicted molar refractivity (Wildman–Crippen MR) is 176 cm³/mol. The van der Waals surface area contributed by atoms with E-state index in [0.29, 0.717) is 38.4 Å². The lowest BCUT2D eigenvalue weighted by Gasteiger charge is -2.09. The van der Waals surface area contributed by atoms with Crippen LogP contribution in [-0.2, 0) is 6.61 Å². The highest BCUT2D eigenvalue weighted by Crippen LogP contribution is 2.28. The first kappa shape index (κ1) is 27.5. The number of ether oxygens (including phenoxy) is 1. The zero-order valence-corrected chi connectivity index (χ0v) is 24.8. The van der Waals surface area contributed by atoms with Crippen LogP contribution in [0.3, 0.4) is 0 Å². The van der Waals surface area contributed by atoms with Crippen LogP contribution in [0.25, 0.3) is 40.1 Å². The molecule has 7 aromatic rings. The van der Waals surface area contributed by atoms with E-state index in [2.05, 4.69) is 10.1 Å². The molecule has 0 bridgehead atoms. The van der Waals surface area contributed by atoms with Gasteiger partial charge in [-0.25, -0.2) is 4.68 Å². The molecule has 0 aliphatic rings. The third kappa shape index (κ3) is 5.81. The minimum absolute atomic E-state index is 0.230. The summed E-state index contributed by atoms with van der Waals surface area (Å²) in [6, 6.07) is 35.1. The van der Waals surface area contributed by atoms with Crippen molar-refractivity contribution < 1.29 is 4.74 Å². The van der Waals surface area contributed by atoms with Crippen LogP contribution in [0.1, 0.15) is 22.5 Å². The van der Waals surface area contributed by atoms with E-state index in [-0.39, 0.29) is 5.56 Å². The number of thiazole rings is 1. The fourth-order valence-electron chi connectivity index (χ4n) is 4.74. The van der Waals surface area contributed by atoms with E-state index in [9.17, 15) is 4.79 Å². The number of para-hydroxylation sites is 1. The molecule has 4 aromatic carbocycles. The van der Waals surface area contributed by atoms with Gasteiger partial charge in [-0.2, -0.15) is 14.6 Å². The maximum absolute atomic E-state index is 13.4. The van der Waals surface area contributed by atoms with Crippen LogP contribution in [0.2, 0.25) is 5.02 Å². The van der Waals surface area contributed by atoms with Crippen LogP contribution in [0.4, 0.5) is 0 Å². The van der Waals surface area contributed by atoms with E-state index in [4.69, 9.17) is 21.4 Å². The second-order valence-corrected chi connectivity index (χ2v) is 11.4. The molecule has 0 saturated carbocycles. The van der Waals surface area contributed by atoms with Crippen molar-refractivity contribution in [3.8, 4) is 22.7 Å². The van der Waals surface area contributed by atoms with Crippen molar-refractivity contribution in [1.29, 1.82) is 0 Å². The normalized spacial score (nSPS) is 12.0. The van der Waals surface area contributed by atoms with Crippen molar-refractivity contribution in [2.75, 3.05) is 0 Å². The van der Waals surface area contributed by atoms with Gasteiger partial charge < -0.3 is 4.74 Å². The van der Waals surface area contributed by atoms with Gasteiger partial charge in [-0.1, -0.05) is 108 Å². The number of hydrogen-bond donors (Lipinski definition) is 0. The van der Waals surface area contributed by atoms with Gasteiger partial charge in [0, 0.05) is 27.9 Å². The highest BCUT2D eigenvalue weighted by molar-refractivity contribution is 7.15. The Labute approximate surface area is 261 Å². The van der Waals surface area contributed by atoms with Crippen molar-refractivity contribution >= 4 is 46.1 Å². The van der Waals surface area contributed by atoms with Crippen molar-refractivity contribution in [3.05, 3.63) is 158 Å². The molecule has 9 heteroatoms. The summed E-state index contributed by atoms with van der Waals surface area (Å²) in [6.45, 7) is 0.338. The first-order valence-electron chi connectivity index (χ1n) is 13.9. The summed E-state index contributed by atoms with van der Waals surface area (Å²) in [6.07, 6.45) is 7.50. The molecule has 0 fully saturated rings. The molecule has 0 atom stereocenters. The van der Waals surface area contributed by atoms with Gasteiger partial charge in [0.25, 0.3) is 5.56 Å². The minimum atomic E-state index is -0.230. The van der Waals surface area contributed by atoms with E-state index in [1.807, 2.05) is 132 Å². The van der Waals surface area contributed by atoms with Crippen LogP contribution < -0.4 is 14.8 Å². The molecule has 7 rings (SSSR count). The molecular formula is C35H24ClN5O2S. The third-order valence-corrected chi connectivity index (χ3v) is 8.26. The Bertz CT molecular complexity index is 2220. The van der Waals surface area contributed by atoms with Crippen LogP contribution in [0.15, 0.2) is 120 Å². The van der Waals surface area contributed by atoms with Gasteiger partial charge in [-0.15, -0.1) is 5.10 Å². The Morgan fingerprint density at radius 3 is 2.41 bits per heavy atom. The molecule has 0 N–H and O–H groups in total. The third-order valence-electron chi connectivity index (χ3n) is 6.93. The number of benzene rings is 4. The molecule has 44 heavy (non-hydrogen) atoms. The largest absolute Gasteiger partial charge is 0.489 e. The van der Waals surface area contributed by atoms with Crippen molar-refractivity contribution in [3.63, 3.8) is 0 Å². The van der Waals surface area contributed by atoms with E-state index in [0.717, 1.165) is 27.9 Å². The van der Waals surface area contributed by atoms with E-state index in [1.165, 1.54) is 15.9 Å². The summed E-state index contributed by atoms with van der Waals surface area (Å²) in [7, 11) is 0. The summed E-state index contributed by atoms with van der Waals surface area (Å²) in [4.78, 5) is 18.5. The molecule has 7 nitrogen and oxygen atoms in total. The summed E-state index contributed by atoms with van der Waals surface area (Å²) in [5, 5.41) is 10.0. The molecule has 3 heterocycles. The fraction of sp³-hybridized carbons (Fsp3) is 0.0286. The van der Waals surface area contributed by atoms with Gasteiger partial charge in [-0.3, -0.25) is 4.79 Å². The van der Waals surface area contributed by atoms with Crippen molar-refractivity contribution in [2.45, 2.75) is 6.61 Å². The zero-order chi connectivity index (χ0) is 29.9. The average Bonchev–Trinajstić information content (AvgIpc) is 3.75. The molecule has 0 unspecified atom stereocenters. The van der Waals surface area contributed by atoms with E-state index >= 15 is 0 Å². The van der Waals surface area contributed by atoms with Crippen molar-refractivity contribution in [2.24, 2.45) is 0 Å². The van der Waals surface area contributed by atoms with Gasteiger partial charge in [0.15, 0.2) is 5.82 Å². The standard InChI is InChI=1S/C35H24ClN5O2S/c36-30-17-8-7-12-26(30)23-43-29-16-9-13-25(20-29)33-27(22-40(39-33)28-14-5-2-6-15-28)21-31-34(42)41-35(44-31)37-32(38-41)19-18-24-10-3-1-4-11-24/h1-22H,23H2/b19-18+,31-21-.